The summed E-state index contributed by atoms with van der Waals surface area (Å²) in [4.78, 5) is 0. The maximum Gasteiger partial charge on any atom is 0 e. The van der Waals surface area contributed by atoms with Gasteiger partial charge in [-0.3, -0.25) is 0 Å². The minimum Gasteiger partial charge on any atom is -0.103 e. The molecule has 0 rings (SSSR count). The van der Waals surface area contributed by atoms with E-state index in [1.165, 1.54) is 70.6 Å². The van der Waals surface area contributed by atoms with Gasteiger partial charge in [-0.25, -0.2) is 0 Å². The lowest BCUT2D eigenvalue weighted by atomic mass is 10.1. The summed E-state index contributed by atoms with van der Waals surface area (Å²) >= 11 is 0. The van der Waals surface area contributed by atoms with Crippen molar-refractivity contribution in [3.63, 3.8) is 0 Å². The molecule has 0 spiro atoms. The molecule has 16 heavy (non-hydrogen) atoms. The average molecular weight is 228 g/mol. The highest BCUT2D eigenvalue weighted by atomic mass is 13.9. The van der Waals surface area contributed by atoms with Crippen LogP contribution in [0.15, 0.2) is 12.7 Å². The molecule has 0 bridgehead atoms. The normalized spacial score (nSPS) is 9.44. The lowest BCUT2D eigenvalue weighted by molar-refractivity contribution is 0.624. The van der Waals surface area contributed by atoms with Crippen molar-refractivity contribution in [2.24, 2.45) is 0 Å². The van der Waals surface area contributed by atoms with Gasteiger partial charge < -0.3 is 0 Å². The highest BCUT2D eigenvalue weighted by Gasteiger charge is 1.83. The molecule has 0 fully saturated rings. The summed E-state index contributed by atoms with van der Waals surface area (Å²) in [5.74, 6) is 0. The molecule has 0 heteroatoms. The van der Waals surface area contributed by atoms with Crippen LogP contribution in [0.5, 0.6) is 0 Å². The first-order valence-corrected chi connectivity index (χ1v) is 7.44. The summed E-state index contributed by atoms with van der Waals surface area (Å²) in [5.41, 5.74) is 0. The van der Waals surface area contributed by atoms with E-state index in [0.29, 0.717) is 0 Å². The third-order valence-corrected chi connectivity index (χ3v) is 2.72. The van der Waals surface area contributed by atoms with Gasteiger partial charge in [-0.1, -0.05) is 84.6 Å². The van der Waals surface area contributed by atoms with E-state index in [9.17, 15) is 0 Å². The number of rotatable bonds is 10. The number of hydrogen-bond donors (Lipinski definition) is 0. The van der Waals surface area contributed by atoms with Crippen LogP contribution in [0, 0.1) is 0 Å². The third-order valence-electron chi connectivity index (χ3n) is 2.72. The molecule has 0 saturated heterocycles. The average Bonchev–Trinajstić information content (AvgIpc) is 2.31. The van der Waals surface area contributed by atoms with E-state index < -0.39 is 0 Å². The molecule has 0 aliphatic rings. The highest BCUT2D eigenvalue weighted by Crippen LogP contribution is 2.03. The summed E-state index contributed by atoms with van der Waals surface area (Å²) in [5, 5.41) is 0. The van der Waals surface area contributed by atoms with E-state index >= 15 is 0 Å². The second-order valence-corrected chi connectivity index (χ2v) is 4.55. The van der Waals surface area contributed by atoms with Gasteiger partial charge in [-0.15, -0.1) is 6.58 Å². The van der Waals surface area contributed by atoms with Crippen molar-refractivity contribution in [1.29, 1.82) is 0 Å². The van der Waals surface area contributed by atoms with Crippen LogP contribution in [0.4, 0.5) is 0 Å². The predicted molar refractivity (Wildman–Crippen MR) is 80.1 cm³/mol. The van der Waals surface area contributed by atoms with Crippen LogP contribution in [0.3, 0.4) is 0 Å². The summed E-state index contributed by atoms with van der Waals surface area (Å²) in [6.07, 6.45) is 17.1. The van der Waals surface area contributed by atoms with Crippen molar-refractivity contribution in [3.05, 3.63) is 12.7 Å². The highest BCUT2D eigenvalue weighted by molar-refractivity contribution is 4.64. The van der Waals surface area contributed by atoms with E-state index in [-0.39, 0.29) is 1.43 Å². The number of hydrogen-bond acceptors (Lipinski definition) is 0. The molecule has 0 nitrogen and oxygen atoms in total. The van der Waals surface area contributed by atoms with Gasteiger partial charge in [0.2, 0.25) is 0 Å². The number of unbranched alkanes of at least 4 members (excludes halogenated alkanes) is 9. The molecular formula is C16H36. The fourth-order valence-corrected chi connectivity index (χ4v) is 1.57. The largest absolute Gasteiger partial charge is 0.103 e. The van der Waals surface area contributed by atoms with Gasteiger partial charge in [0.25, 0.3) is 0 Å². The van der Waals surface area contributed by atoms with Crippen molar-refractivity contribution in [2.45, 2.75) is 91.4 Å². The van der Waals surface area contributed by atoms with Crippen LogP contribution in [0.2, 0.25) is 0 Å². The Morgan fingerprint density at radius 2 is 1.06 bits per heavy atom. The molecule has 0 unspecified atom stereocenters. The van der Waals surface area contributed by atoms with Crippen molar-refractivity contribution in [2.75, 3.05) is 0 Å². The minimum atomic E-state index is 0. The van der Waals surface area contributed by atoms with Crippen molar-refractivity contribution >= 4 is 0 Å². The Hall–Kier alpha value is -0.260. The quantitative estimate of drug-likeness (QED) is 0.286. The second-order valence-electron chi connectivity index (χ2n) is 4.55. The SMILES string of the molecule is C=CCCCCCC.CCCCCCCC.[HH]. The van der Waals surface area contributed by atoms with Crippen LogP contribution < -0.4 is 0 Å². The Balaban J connectivity index is -0.000000218. The Kier molecular flexibility index (Phi) is 22.9. The topological polar surface area (TPSA) is 0 Å². The fraction of sp³-hybridized carbons (Fsp3) is 0.875. The molecule has 0 aromatic heterocycles. The van der Waals surface area contributed by atoms with Gasteiger partial charge in [-0.2, -0.15) is 0 Å². The maximum absolute atomic E-state index is 3.66. The van der Waals surface area contributed by atoms with E-state index in [0.717, 1.165) is 0 Å². The van der Waals surface area contributed by atoms with Gasteiger partial charge >= 0.3 is 0 Å². The first-order valence-electron chi connectivity index (χ1n) is 7.44. The van der Waals surface area contributed by atoms with E-state index in [1.54, 1.807) is 0 Å². The van der Waals surface area contributed by atoms with E-state index in [2.05, 4.69) is 27.4 Å². The molecule has 0 saturated carbocycles. The molecule has 0 heterocycles. The molecule has 0 N–H and O–H groups in total. The van der Waals surface area contributed by atoms with Crippen LogP contribution in [-0.4, -0.2) is 0 Å². The van der Waals surface area contributed by atoms with Crippen molar-refractivity contribution in [3.8, 4) is 0 Å². The Morgan fingerprint density at radius 1 is 0.688 bits per heavy atom. The van der Waals surface area contributed by atoms with Gasteiger partial charge in [0.05, 0.1) is 0 Å². The predicted octanol–water partition coefficient (Wildman–Crippen LogP) is 6.76. The first-order chi connectivity index (χ1) is 7.83. The van der Waals surface area contributed by atoms with E-state index in [4.69, 9.17) is 0 Å². The van der Waals surface area contributed by atoms with Gasteiger partial charge in [0.1, 0.15) is 0 Å². The molecule has 0 aromatic carbocycles. The lowest BCUT2D eigenvalue weighted by Gasteiger charge is -1.93. The number of allylic oxidation sites excluding steroid dienone is 1. The monoisotopic (exact) mass is 228 g/mol. The third kappa shape index (κ3) is 23.5. The molecule has 0 aromatic rings. The standard InChI is InChI=1S/C8H18.C8H16.H2/c2*1-3-5-7-8-6-4-2;/h3-8H2,1-2H3;3H,1,4-8H2,2H3;1H. The fourth-order valence-electron chi connectivity index (χ4n) is 1.57. The summed E-state index contributed by atoms with van der Waals surface area (Å²) < 4.78 is 0. The Bertz CT molecular complexity index is 104. The van der Waals surface area contributed by atoms with Gasteiger partial charge in [0.15, 0.2) is 0 Å². The first kappa shape index (κ1) is 18.1. The van der Waals surface area contributed by atoms with Crippen LogP contribution in [0.25, 0.3) is 0 Å². The van der Waals surface area contributed by atoms with Crippen molar-refractivity contribution in [1.82, 2.24) is 0 Å². The Labute approximate surface area is 106 Å². The van der Waals surface area contributed by atoms with Crippen LogP contribution >= 0.6 is 0 Å². The van der Waals surface area contributed by atoms with E-state index in [1.807, 2.05) is 6.08 Å². The Morgan fingerprint density at radius 3 is 1.38 bits per heavy atom. The molecule has 0 aliphatic carbocycles. The summed E-state index contributed by atoms with van der Waals surface area (Å²) in [6, 6.07) is 0. The molecule has 0 atom stereocenters. The second kappa shape index (κ2) is 20.2. The molecule has 100 valence electrons. The smallest absolute Gasteiger partial charge is 0 e. The summed E-state index contributed by atoms with van der Waals surface area (Å²) in [7, 11) is 0. The van der Waals surface area contributed by atoms with Crippen molar-refractivity contribution < 1.29 is 1.43 Å². The van der Waals surface area contributed by atoms with Crippen LogP contribution in [-0.2, 0) is 0 Å². The maximum atomic E-state index is 3.66. The minimum absolute atomic E-state index is 0. The zero-order valence-corrected chi connectivity index (χ0v) is 12.1. The zero-order chi connectivity index (χ0) is 12.5. The molecular weight excluding hydrogens is 192 g/mol. The lowest BCUT2D eigenvalue weighted by Crippen LogP contribution is -1.73. The van der Waals surface area contributed by atoms with Gasteiger partial charge in [-0.05, 0) is 12.8 Å². The zero-order valence-electron chi connectivity index (χ0n) is 12.1. The van der Waals surface area contributed by atoms with Crippen LogP contribution in [0.1, 0.15) is 92.8 Å². The van der Waals surface area contributed by atoms with Gasteiger partial charge in [0, 0.05) is 1.43 Å². The summed E-state index contributed by atoms with van der Waals surface area (Å²) in [6.45, 7) is 10.4. The molecule has 0 amide bonds. The molecule has 0 radical (unpaired) electrons. The molecule has 0 aliphatic heterocycles.